The lowest BCUT2D eigenvalue weighted by Crippen LogP contribution is -2.44. The van der Waals surface area contributed by atoms with Crippen molar-refractivity contribution in [3.8, 4) is 17.1 Å². The van der Waals surface area contributed by atoms with E-state index >= 15 is 0 Å². The SMILES string of the molecule is C[C@H]1[C@@H](NC(=O)CSc2nnc(-c3ccccc3)n2-c2ccc(F)cc2F)CCC[C@@H]1C. The minimum absolute atomic E-state index is 0.0867. The first kappa shape index (κ1) is 22.5. The third kappa shape index (κ3) is 4.85. The van der Waals surface area contributed by atoms with Gasteiger partial charge in [-0.1, -0.05) is 68.8 Å². The molecule has 0 unspecified atom stereocenters. The molecular formula is C24H26F2N4OS. The molecule has 168 valence electrons. The lowest BCUT2D eigenvalue weighted by molar-refractivity contribution is -0.120. The van der Waals surface area contributed by atoms with Gasteiger partial charge in [-0.2, -0.15) is 0 Å². The van der Waals surface area contributed by atoms with E-state index in [1.807, 2.05) is 30.3 Å². The molecule has 0 saturated heterocycles. The highest BCUT2D eigenvalue weighted by Gasteiger charge is 2.28. The molecule has 1 heterocycles. The Hall–Kier alpha value is -2.74. The highest BCUT2D eigenvalue weighted by molar-refractivity contribution is 7.99. The number of carbonyl (C=O) groups is 1. The summed E-state index contributed by atoms with van der Waals surface area (Å²) in [6, 6.07) is 12.8. The maximum Gasteiger partial charge on any atom is 0.230 e. The van der Waals surface area contributed by atoms with Gasteiger partial charge in [0, 0.05) is 17.7 Å². The molecule has 2 aromatic carbocycles. The van der Waals surface area contributed by atoms with E-state index in [1.165, 1.54) is 34.9 Å². The first-order valence-corrected chi connectivity index (χ1v) is 11.8. The van der Waals surface area contributed by atoms with Gasteiger partial charge in [0.2, 0.25) is 5.91 Å². The number of amides is 1. The third-order valence-corrected chi connectivity index (χ3v) is 7.13. The topological polar surface area (TPSA) is 59.8 Å². The van der Waals surface area contributed by atoms with Crippen LogP contribution in [0.4, 0.5) is 8.78 Å². The number of thioether (sulfide) groups is 1. The number of benzene rings is 2. The van der Waals surface area contributed by atoms with Crippen molar-refractivity contribution in [3.63, 3.8) is 0 Å². The molecule has 0 aliphatic heterocycles. The summed E-state index contributed by atoms with van der Waals surface area (Å²) in [5.74, 6) is 0.0975. The summed E-state index contributed by atoms with van der Waals surface area (Å²) in [5.41, 5.74) is 0.873. The van der Waals surface area contributed by atoms with Crippen molar-refractivity contribution >= 4 is 17.7 Å². The van der Waals surface area contributed by atoms with Crippen LogP contribution >= 0.6 is 11.8 Å². The molecular weight excluding hydrogens is 430 g/mol. The van der Waals surface area contributed by atoms with E-state index in [0.29, 0.717) is 22.8 Å². The van der Waals surface area contributed by atoms with Crippen molar-refractivity contribution in [2.45, 2.75) is 44.3 Å². The van der Waals surface area contributed by atoms with Crippen molar-refractivity contribution in [1.82, 2.24) is 20.1 Å². The predicted octanol–water partition coefficient (Wildman–Crippen LogP) is 5.25. The largest absolute Gasteiger partial charge is 0.352 e. The molecule has 1 amide bonds. The molecule has 1 saturated carbocycles. The minimum atomic E-state index is -0.724. The lowest BCUT2D eigenvalue weighted by atomic mass is 9.78. The zero-order valence-electron chi connectivity index (χ0n) is 18.1. The van der Waals surface area contributed by atoms with Crippen LogP contribution in [0.3, 0.4) is 0 Å². The Kier molecular flexibility index (Phi) is 6.89. The second-order valence-electron chi connectivity index (χ2n) is 8.33. The van der Waals surface area contributed by atoms with Gasteiger partial charge in [-0.25, -0.2) is 8.78 Å². The number of nitrogens with one attached hydrogen (secondary N) is 1. The van der Waals surface area contributed by atoms with Crippen LogP contribution in [0.5, 0.6) is 0 Å². The molecule has 3 aromatic rings. The highest BCUT2D eigenvalue weighted by Crippen LogP contribution is 2.31. The normalized spacial score (nSPS) is 20.8. The van der Waals surface area contributed by atoms with Crippen LogP contribution in [0.1, 0.15) is 33.1 Å². The predicted molar refractivity (Wildman–Crippen MR) is 122 cm³/mol. The summed E-state index contributed by atoms with van der Waals surface area (Å²) in [7, 11) is 0. The van der Waals surface area contributed by atoms with Crippen LogP contribution in [0.2, 0.25) is 0 Å². The van der Waals surface area contributed by atoms with E-state index < -0.39 is 11.6 Å². The monoisotopic (exact) mass is 456 g/mol. The summed E-state index contributed by atoms with van der Waals surface area (Å²) in [6.07, 6.45) is 3.29. The fourth-order valence-electron chi connectivity index (χ4n) is 4.18. The molecule has 1 aliphatic rings. The molecule has 3 atom stereocenters. The van der Waals surface area contributed by atoms with Crippen LogP contribution in [0.25, 0.3) is 17.1 Å². The molecule has 0 bridgehead atoms. The van der Waals surface area contributed by atoms with E-state index in [2.05, 4.69) is 29.4 Å². The molecule has 1 N–H and O–H groups in total. The van der Waals surface area contributed by atoms with Crippen molar-refractivity contribution < 1.29 is 13.6 Å². The number of nitrogens with zero attached hydrogens (tertiary/aromatic N) is 3. The molecule has 1 fully saturated rings. The molecule has 0 radical (unpaired) electrons. The Morgan fingerprint density at radius 3 is 2.66 bits per heavy atom. The van der Waals surface area contributed by atoms with Crippen LogP contribution in [0, 0.1) is 23.5 Å². The maximum atomic E-state index is 14.7. The smallest absolute Gasteiger partial charge is 0.230 e. The van der Waals surface area contributed by atoms with Gasteiger partial charge in [0.15, 0.2) is 11.0 Å². The average Bonchev–Trinajstić information content (AvgIpc) is 3.20. The lowest BCUT2D eigenvalue weighted by Gasteiger charge is -2.34. The third-order valence-electron chi connectivity index (χ3n) is 6.20. The van der Waals surface area contributed by atoms with E-state index in [-0.39, 0.29) is 23.4 Å². The number of aromatic nitrogens is 3. The second-order valence-corrected chi connectivity index (χ2v) is 9.28. The first-order valence-electron chi connectivity index (χ1n) is 10.8. The van der Waals surface area contributed by atoms with Crippen LogP contribution < -0.4 is 5.32 Å². The van der Waals surface area contributed by atoms with Gasteiger partial charge in [-0.3, -0.25) is 9.36 Å². The van der Waals surface area contributed by atoms with Crippen molar-refractivity contribution in [2.75, 3.05) is 5.75 Å². The summed E-state index contributed by atoms with van der Waals surface area (Å²) >= 11 is 1.19. The standard InChI is InChI=1S/C24H26F2N4OS/c1-15-7-6-10-20(16(15)2)27-22(31)14-32-24-29-28-23(17-8-4-3-5-9-17)30(24)21-12-11-18(25)13-19(21)26/h3-5,8-9,11-13,15-16,20H,6-7,10,14H2,1-2H3,(H,27,31)/t15-,16+,20-/m0/s1. The van der Waals surface area contributed by atoms with Crippen LogP contribution in [-0.2, 0) is 4.79 Å². The van der Waals surface area contributed by atoms with Gasteiger partial charge in [-0.05, 0) is 30.4 Å². The number of halogens is 2. The fourth-order valence-corrected chi connectivity index (χ4v) is 4.94. The van der Waals surface area contributed by atoms with Gasteiger partial charge < -0.3 is 5.32 Å². The number of rotatable bonds is 6. The summed E-state index contributed by atoms with van der Waals surface area (Å²) < 4.78 is 29.7. The van der Waals surface area contributed by atoms with E-state index in [9.17, 15) is 13.6 Å². The summed E-state index contributed by atoms with van der Waals surface area (Å²) in [6.45, 7) is 4.41. The van der Waals surface area contributed by atoms with Gasteiger partial charge in [0.05, 0.1) is 11.4 Å². The maximum absolute atomic E-state index is 14.7. The Balaban J connectivity index is 1.57. The quantitative estimate of drug-likeness (QED) is 0.515. The number of carbonyl (C=O) groups excluding carboxylic acids is 1. The van der Waals surface area contributed by atoms with Gasteiger partial charge in [0.1, 0.15) is 11.6 Å². The molecule has 5 nitrogen and oxygen atoms in total. The zero-order chi connectivity index (χ0) is 22.7. The summed E-state index contributed by atoms with van der Waals surface area (Å²) in [5, 5.41) is 12.0. The Morgan fingerprint density at radius 1 is 1.12 bits per heavy atom. The Labute approximate surface area is 190 Å². The first-order chi connectivity index (χ1) is 15.4. The molecule has 0 spiro atoms. The molecule has 8 heteroatoms. The Morgan fingerprint density at radius 2 is 1.91 bits per heavy atom. The van der Waals surface area contributed by atoms with Gasteiger partial charge in [0.25, 0.3) is 0 Å². The van der Waals surface area contributed by atoms with Gasteiger partial charge in [-0.15, -0.1) is 10.2 Å². The molecule has 1 aliphatic carbocycles. The molecule has 4 rings (SSSR count). The fraction of sp³-hybridized carbons (Fsp3) is 0.375. The van der Waals surface area contributed by atoms with Crippen molar-refractivity contribution in [2.24, 2.45) is 11.8 Å². The van der Waals surface area contributed by atoms with Crippen LogP contribution in [-0.4, -0.2) is 32.5 Å². The average molecular weight is 457 g/mol. The zero-order valence-corrected chi connectivity index (χ0v) is 18.9. The van der Waals surface area contributed by atoms with Crippen LogP contribution in [0.15, 0.2) is 53.7 Å². The van der Waals surface area contributed by atoms with E-state index in [0.717, 1.165) is 24.5 Å². The van der Waals surface area contributed by atoms with Crippen molar-refractivity contribution in [3.05, 3.63) is 60.2 Å². The molecule has 1 aromatic heterocycles. The second kappa shape index (κ2) is 9.81. The number of hydrogen-bond acceptors (Lipinski definition) is 4. The number of hydrogen-bond donors (Lipinski definition) is 1. The van der Waals surface area contributed by atoms with Gasteiger partial charge >= 0.3 is 0 Å². The minimum Gasteiger partial charge on any atom is -0.352 e. The van der Waals surface area contributed by atoms with Crippen molar-refractivity contribution in [1.29, 1.82) is 0 Å². The van der Waals surface area contributed by atoms with E-state index in [1.54, 1.807) is 0 Å². The molecule has 32 heavy (non-hydrogen) atoms. The highest BCUT2D eigenvalue weighted by atomic mass is 32.2. The summed E-state index contributed by atoms with van der Waals surface area (Å²) in [4.78, 5) is 12.7. The Bertz CT molecular complexity index is 1090. The van der Waals surface area contributed by atoms with E-state index in [4.69, 9.17) is 0 Å².